The third-order valence-electron chi connectivity index (χ3n) is 4.46. The number of rotatable bonds is 4. The van der Waals surface area contributed by atoms with Crippen LogP contribution < -0.4 is 5.73 Å². The maximum Gasteiger partial charge on any atom is 0.0180 e. The van der Waals surface area contributed by atoms with Gasteiger partial charge < -0.3 is 5.73 Å². The van der Waals surface area contributed by atoms with Crippen LogP contribution in [0.4, 0.5) is 0 Å². The molecule has 1 fully saturated rings. The van der Waals surface area contributed by atoms with Crippen LogP contribution in [0.25, 0.3) is 0 Å². The molecule has 1 aliphatic carbocycles. The Morgan fingerprint density at radius 3 is 2.71 bits per heavy atom. The van der Waals surface area contributed by atoms with Crippen LogP contribution in [0, 0.1) is 5.92 Å². The van der Waals surface area contributed by atoms with Gasteiger partial charge in [0.15, 0.2) is 0 Å². The highest BCUT2D eigenvalue weighted by Gasteiger charge is 2.33. The Morgan fingerprint density at radius 2 is 2.00 bits per heavy atom. The molecule has 2 atom stereocenters. The van der Waals surface area contributed by atoms with Crippen LogP contribution in [0.15, 0.2) is 30.3 Å². The summed E-state index contributed by atoms with van der Waals surface area (Å²) in [5.41, 5.74) is 8.13. The van der Waals surface area contributed by atoms with Gasteiger partial charge in [-0.15, -0.1) is 0 Å². The molecule has 1 aromatic carbocycles. The lowest BCUT2D eigenvalue weighted by Crippen LogP contribution is -2.48. The van der Waals surface area contributed by atoms with Gasteiger partial charge in [0.25, 0.3) is 0 Å². The van der Waals surface area contributed by atoms with Crippen molar-refractivity contribution in [3.63, 3.8) is 0 Å². The molecule has 0 amide bonds. The number of nitrogens with two attached hydrogens (primary N) is 1. The van der Waals surface area contributed by atoms with E-state index in [-0.39, 0.29) is 5.54 Å². The first-order chi connectivity index (χ1) is 8.21. The van der Waals surface area contributed by atoms with E-state index in [2.05, 4.69) is 37.3 Å². The van der Waals surface area contributed by atoms with Crippen molar-refractivity contribution in [3.8, 4) is 0 Å². The quantitative estimate of drug-likeness (QED) is 0.835. The summed E-state index contributed by atoms with van der Waals surface area (Å²) < 4.78 is 0. The summed E-state index contributed by atoms with van der Waals surface area (Å²) in [6.45, 7) is 2.33. The first-order valence-electron chi connectivity index (χ1n) is 7.03. The SMILES string of the molecule is CC1CCCCC1(N)CCCc1ccccc1. The summed E-state index contributed by atoms with van der Waals surface area (Å²) >= 11 is 0. The van der Waals surface area contributed by atoms with E-state index in [1.165, 1.54) is 50.5 Å². The third kappa shape index (κ3) is 3.32. The van der Waals surface area contributed by atoms with Crippen LogP contribution in [0.3, 0.4) is 0 Å². The van der Waals surface area contributed by atoms with Gasteiger partial charge in [0.2, 0.25) is 0 Å². The Bertz CT molecular complexity index is 333. The zero-order valence-corrected chi connectivity index (χ0v) is 11.0. The van der Waals surface area contributed by atoms with E-state index < -0.39 is 0 Å². The largest absolute Gasteiger partial charge is 0.325 e. The van der Waals surface area contributed by atoms with E-state index in [1.807, 2.05) is 0 Å². The molecule has 0 bridgehead atoms. The molecule has 2 rings (SSSR count). The van der Waals surface area contributed by atoms with Crippen molar-refractivity contribution in [1.82, 2.24) is 0 Å². The lowest BCUT2D eigenvalue weighted by molar-refractivity contribution is 0.188. The summed E-state index contributed by atoms with van der Waals surface area (Å²) in [4.78, 5) is 0. The second kappa shape index (κ2) is 5.68. The van der Waals surface area contributed by atoms with Gasteiger partial charge in [-0.25, -0.2) is 0 Å². The second-order valence-electron chi connectivity index (χ2n) is 5.72. The van der Waals surface area contributed by atoms with Crippen molar-refractivity contribution in [3.05, 3.63) is 35.9 Å². The maximum atomic E-state index is 6.57. The lowest BCUT2D eigenvalue weighted by Gasteiger charge is -2.39. The van der Waals surface area contributed by atoms with Crippen LogP contribution in [-0.4, -0.2) is 5.54 Å². The zero-order valence-electron chi connectivity index (χ0n) is 11.0. The molecule has 0 aliphatic heterocycles. The van der Waals surface area contributed by atoms with Gasteiger partial charge >= 0.3 is 0 Å². The normalized spacial score (nSPS) is 29.2. The lowest BCUT2D eigenvalue weighted by atomic mass is 9.71. The number of benzene rings is 1. The second-order valence-corrected chi connectivity index (χ2v) is 5.72. The summed E-state index contributed by atoms with van der Waals surface area (Å²) in [5, 5.41) is 0. The predicted molar refractivity (Wildman–Crippen MR) is 73.9 cm³/mol. The first kappa shape index (κ1) is 12.6. The highest BCUT2D eigenvalue weighted by atomic mass is 14.8. The maximum absolute atomic E-state index is 6.57. The van der Waals surface area contributed by atoms with E-state index in [9.17, 15) is 0 Å². The minimum Gasteiger partial charge on any atom is -0.325 e. The number of hydrogen-bond donors (Lipinski definition) is 1. The third-order valence-corrected chi connectivity index (χ3v) is 4.46. The first-order valence-corrected chi connectivity index (χ1v) is 7.03. The van der Waals surface area contributed by atoms with Crippen molar-refractivity contribution in [2.75, 3.05) is 0 Å². The molecule has 94 valence electrons. The Balaban J connectivity index is 1.81. The molecule has 0 saturated heterocycles. The minimum absolute atomic E-state index is 0.118. The van der Waals surface area contributed by atoms with Gasteiger partial charge in [0.05, 0.1) is 0 Å². The van der Waals surface area contributed by atoms with Gasteiger partial charge in [-0.2, -0.15) is 0 Å². The minimum atomic E-state index is 0.118. The van der Waals surface area contributed by atoms with Crippen molar-refractivity contribution in [2.24, 2.45) is 11.7 Å². The Labute approximate surface area is 105 Å². The van der Waals surface area contributed by atoms with Gasteiger partial charge in [-0.3, -0.25) is 0 Å². The fourth-order valence-electron chi connectivity index (χ4n) is 3.08. The smallest absolute Gasteiger partial charge is 0.0180 e. The van der Waals surface area contributed by atoms with E-state index in [1.54, 1.807) is 0 Å². The van der Waals surface area contributed by atoms with Crippen molar-refractivity contribution < 1.29 is 0 Å². The average molecular weight is 231 g/mol. The molecule has 1 saturated carbocycles. The van der Waals surface area contributed by atoms with Crippen LogP contribution in [-0.2, 0) is 6.42 Å². The topological polar surface area (TPSA) is 26.0 Å². The molecule has 0 aromatic heterocycles. The molecule has 1 aromatic rings. The number of aryl methyl sites for hydroxylation is 1. The van der Waals surface area contributed by atoms with E-state index in [0.29, 0.717) is 5.92 Å². The van der Waals surface area contributed by atoms with Gasteiger partial charge in [0, 0.05) is 5.54 Å². The molecular weight excluding hydrogens is 206 g/mol. The summed E-state index contributed by atoms with van der Waals surface area (Å²) in [5.74, 6) is 0.701. The standard InChI is InChI=1S/C16H25N/c1-14-8-5-6-12-16(14,17)13-7-11-15-9-3-2-4-10-15/h2-4,9-10,14H,5-8,11-13,17H2,1H3. The van der Waals surface area contributed by atoms with Crippen molar-refractivity contribution >= 4 is 0 Å². The average Bonchev–Trinajstić information content (AvgIpc) is 2.35. The summed E-state index contributed by atoms with van der Waals surface area (Å²) in [7, 11) is 0. The van der Waals surface area contributed by atoms with Crippen molar-refractivity contribution in [1.29, 1.82) is 0 Å². The van der Waals surface area contributed by atoms with Crippen LogP contribution >= 0.6 is 0 Å². The van der Waals surface area contributed by atoms with E-state index in [4.69, 9.17) is 5.73 Å². The molecule has 1 nitrogen and oxygen atoms in total. The number of hydrogen-bond acceptors (Lipinski definition) is 1. The molecule has 2 N–H and O–H groups in total. The van der Waals surface area contributed by atoms with Gasteiger partial charge in [-0.05, 0) is 43.6 Å². The molecule has 2 unspecified atom stereocenters. The van der Waals surface area contributed by atoms with Crippen LogP contribution in [0.2, 0.25) is 0 Å². The van der Waals surface area contributed by atoms with E-state index in [0.717, 1.165) is 0 Å². The molecule has 1 aliphatic rings. The summed E-state index contributed by atoms with van der Waals surface area (Å²) in [6.07, 6.45) is 8.83. The van der Waals surface area contributed by atoms with Crippen molar-refractivity contribution in [2.45, 2.75) is 57.4 Å². The summed E-state index contributed by atoms with van der Waals surface area (Å²) in [6, 6.07) is 10.8. The monoisotopic (exact) mass is 231 g/mol. The van der Waals surface area contributed by atoms with E-state index >= 15 is 0 Å². The Hall–Kier alpha value is -0.820. The van der Waals surface area contributed by atoms with Crippen LogP contribution in [0.5, 0.6) is 0 Å². The Kier molecular flexibility index (Phi) is 4.22. The Morgan fingerprint density at radius 1 is 1.24 bits per heavy atom. The van der Waals surface area contributed by atoms with Crippen LogP contribution in [0.1, 0.15) is 51.0 Å². The highest BCUT2D eigenvalue weighted by molar-refractivity contribution is 5.14. The molecule has 0 spiro atoms. The highest BCUT2D eigenvalue weighted by Crippen LogP contribution is 2.35. The molecular formula is C16H25N. The molecule has 17 heavy (non-hydrogen) atoms. The van der Waals surface area contributed by atoms with Gasteiger partial charge in [-0.1, -0.05) is 50.1 Å². The molecule has 0 radical (unpaired) electrons. The zero-order chi connectivity index (χ0) is 12.1. The predicted octanol–water partition coefficient (Wildman–Crippen LogP) is 3.92. The fourth-order valence-corrected chi connectivity index (χ4v) is 3.08. The van der Waals surface area contributed by atoms with Gasteiger partial charge in [0.1, 0.15) is 0 Å². The molecule has 1 heteroatoms. The fraction of sp³-hybridized carbons (Fsp3) is 0.625. The molecule has 0 heterocycles.